The zero-order valence-corrected chi connectivity index (χ0v) is 10.8. The van der Waals surface area contributed by atoms with Crippen LogP contribution in [0.3, 0.4) is 0 Å². The minimum Gasteiger partial charge on any atom is -0.488 e. The molecule has 98 valence electrons. The first-order chi connectivity index (χ1) is 9.20. The summed E-state index contributed by atoms with van der Waals surface area (Å²) >= 11 is 5.90. The normalized spacial score (nSPS) is 11.3. The standard InChI is InChI=1S/C14H13ClN2O2/c15-11-5-3-4-10(8-11)9-19-13-7-2-1-6-12(13)14(16)17-18/h1-8,18H,9H2,(H2,16,17). The Hall–Kier alpha value is -2.20. The minimum atomic E-state index is 0.0155. The summed E-state index contributed by atoms with van der Waals surface area (Å²) in [7, 11) is 0. The molecule has 0 saturated heterocycles. The Balaban J connectivity index is 2.16. The van der Waals surface area contributed by atoms with Crippen LogP contribution in [-0.4, -0.2) is 11.0 Å². The van der Waals surface area contributed by atoms with Gasteiger partial charge in [0.25, 0.3) is 0 Å². The quantitative estimate of drug-likeness (QED) is 0.390. The first kappa shape index (κ1) is 13.2. The maximum atomic E-state index is 8.72. The molecule has 2 rings (SSSR count). The van der Waals surface area contributed by atoms with Crippen molar-refractivity contribution in [3.63, 3.8) is 0 Å². The molecule has 4 nitrogen and oxygen atoms in total. The predicted octanol–water partition coefficient (Wildman–Crippen LogP) is 3.01. The molecule has 0 aliphatic carbocycles. The van der Waals surface area contributed by atoms with Crippen molar-refractivity contribution in [1.29, 1.82) is 0 Å². The Labute approximate surface area is 116 Å². The Morgan fingerprint density at radius 1 is 1.21 bits per heavy atom. The van der Waals surface area contributed by atoms with Gasteiger partial charge in [0.1, 0.15) is 12.4 Å². The number of hydrogen-bond acceptors (Lipinski definition) is 3. The summed E-state index contributed by atoms with van der Waals surface area (Å²) in [6.07, 6.45) is 0. The molecule has 0 atom stereocenters. The third-order valence-corrected chi connectivity index (χ3v) is 2.79. The number of nitrogens with zero attached hydrogens (tertiary/aromatic N) is 1. The van der Waals surface area contributed by atoms with Gasteiger partial charge in [0.15, 0.2) is 5.84 Å². The van der Waals surface area contributed by atoms with Crippen LogP contribution in [0.25, 0.3) is 0 Å². The molecule has 0 bridgehead atoms. The number of para-hydroxylation sites is 1. The number of ether oxygens (including phenoxy) is 1. The van der Waals surface area contributed by atoms with E-state index in [2.05, 4.69) is 5.16 Å². The van der Waals surface area contributed by atoms with Crippen LogP contribution in [-0.2, 0) is 6.61 Å². The largest absolute Gasteiger partial charge is 0.488 e. The molecule has 0 aliphatic heterocycles. The molecule has 0 radical (unpaired) electrons. The van der Waals surface area contributed by atoms with E-state index in [1.807, 2.05) is 24.3 Å². The molecule has 0 amide bonds. The van der Waals surface area contributed by atoms with Crippen LogP contribution in [0.2, 0.25) is 5.02 Å². The van der Waals surface area contributed by atoms with E-state index >= 15 is 0 Å². The van der Waals surface area contributed by atoms with Gasteiger partial charge in [-0.3, -0.25) is 0 Å². The molecule has 2 aromatic carbocycles. The summed E-state index contributed by atoms with van der Waals surface area (Å²) in [5, 5.41) is 12.4. The lowest BCUT2D eigenvalue weighted by atomic mass is 10.2. The fourth-order valence-electron chi connectivity index (χ4n) is 1.65. The van der Waals surface area contributed by atoms with Crippen LogP contribution in [0.15, 0.2) is 53.7 Å². The number of amidine groups is 1. The molecule has 3 N–H and O–H groups in total. The van der Waals surface area contributed by atoms with Crippen LogP contribution in [0, 0.1) is 0 Å². The minimum absolute atomic E-state index is 0.0155. The van der Waals surface area contributed by atoms with Crippen molar-refractivity contribution in [1.82, 2.24) is 0 Å². The fraction of sp³-hybridized carbons (Fsp3) is 0.0714. The average Bonchev–Trinajstić information content (AvgIpc) is 2.45. The van der Waals surface area contributed by atoms with E-state index in [0.717, 1.165) is 5.56 Å². The number of oxime groups is 1. The van der Waals surface area contributed by atoms with Crippen molar-refractivity contribution in [2.75, 3.05) is 0 Å². The van der Waals surface area contributed by atoms with Crippen molar-refractivity contribution < 1.29 is 9.94 Å². The van der Waals surface area contributed by atoms with Crippen molar-refractivity contribution in [2.24, 2.45) is 10.9 Å². The lowest BCUT2D eigenvalue weighted by Gasteiger charge is -2.10. The Morgan fingerprint density at radius 2 is 2.00 bits per heavy atom. The smallest absolute Gasteiger partial charge is 0.173 e. The highest BCUT2D eigenvalue weighted by Gasteiger charge is 2.07. The summed E-state index contributed by atoms with van der Waals surface area (Å²) < 4.78 is 5.67. The molecule has 0 aliphatic rings. The molecule has 19 heavy (non-hydrogen) atoms. The van der Waals surface area contributed by atoms with Crippen LogP contribution in [0.5, 0.6) is 5.75 Å². The molecule has 0 saturated carbocycles. The summed E-state index contributed by atoms with van der Waals surface area (Å²) in [6.45, 7) is 0.357. The molecule has 0 heterocycles. The van der Waals surface area contributed by atoms with E-state index in [9.17, 15) is 0 Å². The molecule has 2 aromatic rings. The molecular formula is C14H13ClN2O2. The number of benzene rings is 2. The van der Waals surface area contributed by atoms with E-state index in [-0.39, 0.29) is 5.84 Å². The fourth-order valence-corrected chi connectivity index (χ4v) is 1.86. The lowest BCUT2D eigenvalue weighted by molar-refractivity contribution is 0.303. The number of nitrogens with two attached hydrogens (primary N) is 1. The molecule has 5 heteroatoms. The third-order valence-electron chi connectivity index (χ3n) is 2.55. The van der Waals surface area contributed by atoms with E-state index in [1.54, 1.807) is 24.3 Å². The Morgan fingerprint density at radius 3 is 2.74 bits per heavy atom. The molecule has 0 unspecified atom stereocenters. The highest BCUT2D eigenvalue weighted by atomic mass is 35.5. The first-order valence-electron chi connectivity index (χ1n) is 5.65. The molecule has 0 fully saturated rings. The molecular weight excluding hydrogens is 264 g/mol. The van der Waals surface area contributed by atoms with Gasteiger partial charge in [-0.2, -0.15) is 0 Å². The summed E-state index contributed by atoms with van der Waals surface area (Å²) in [6, 6.07) is 14.5. The van der Waals surface area contributed by atoms with Crippen molar-refractivity contribution in [3.05, 3.63) is 64.7 Å². The average molecular weight is 277 g/mol. The zero-order chi connectivity index (χ0) is 13.7. The van der Waals surface area contributed by atoms with Gasteiger partial charge < -0.3 is 15.7 Å². The maximum absolute atomic E-state index is 8.72. The number of hydrogen-bond donors (Lipinski definition) is 2. The van der Waals surface area contributed by atoms with E-state index in [4.69, 9.17) is 27.3 Å². The predicted molar refractivity (Wildman–Crippen MR) is 74.7 cm³/mol. The second-order valence-corrected chi connectivity index (χ2v) is 4.34. The van der Waals surface area contributed by atoms with Gasteiger partial charge in [0.2, 0.25) is 0 Å². The van der Waals surface area contributed by atoms with E-state index < -0.39 is 0 Å². The SMILES string of the molecule is N/C(=N\O)c1ccccc1OCc1cccc(Cl)c1. The van der Waals surface area contributed by atoms with Gasteiger partial charge in [0, 0.05) is 5.02 Å². The van der Waals surface area contributed by atoms with Crippen LogP contribution in [0.1, 0.15) is 11.1 Å². The van der Waals surface area contributed by atoms with Gasteiger partial charge in [-0.25, -0.2) is 0 Å². The van der Waals surface area contributed by atoms with Gasteiger partial charge in [-0.1, -0.05) is 41.0 Å². The Bertz CT molecular complexity index is 600. The van der Waals surface area contributed by atoms with Crippen molar-refractivity contribution in [3.8, 4) is 5.75 Å². The second kappa shape index (κ2) is 6.11. The first-order valence-corrected chi connectivity index (χ1v) is 6.02. The van der Waals surface area contributed by atoms with E-state index in [1.165, 1.54) is 0 Å². The number of rotatable bonds is 4. The summed E-state index contributed by atoms with van der Waals surface area (Å²) in [5.41, 5.74) is 7.08. The van der Waals surface area contributed by atoms with E-state index in [0.29, 0.717) is 22.9 Å². The Kier molecular flexibility index (Phi) is 4.26. The van der Waals surface area contributed by atoms with Crippen LogP contribution < -0.4 is 10.5 Å². The van der Waals surface area contributed by atoms with Crippen molar-refractivity contribution >= 4 is 17.4 Å². The zero-order valence-electron chi connectivity index (χ0n) is 10.1. The van der Waals surface area contributed by atoms with Crippen LogP contribution in [0.4, 0.5) is 0 Å². The molecule has 0 aromatic heterocycles. The second-order valence-electron chi connectivity index (χ2n) is 3.90. The monoisotopic (exact) mass is 276 g/mol. The van der Waals surface area contributed by atoms with Gasteiger partial charge in [0.05, 0.1) is 5.56 Å². The van der Waals surface area contributed by atoms with Crippen molar-refractivity contribution in [2.45, 2.75) is 6.61 Å². The summed E-state index contributed by atoms with van der Waals surface area (Å²) in [4.78, 5) is 0. The third kappa shape index (κ3) is 3.39. The number of halogens is 1. The lowest BCUT2D eigenvalue weighted by Crippen LogP contribution is -2.14. The molecule has 0 spiro atoms. The van der Waals surface area contributed by atoms with Crippen LogP contribution >= 0.6 is 11.6 Å². The topological polar surface area (TPSA) is 67.8 Å². The highest BCUT2D eigenvalue weighted by Crippen LogP contribution is 2.20. The highest BCUT2D eigenvalue weighted by molar-refractivity contribution is 6.30. The van der Waals surface area contributed by atoms with Gasteiger partial charge >= 0.3 is 0 Å². The van der Waals surface area contributed by atoms with Gasteiger partial charge in [-0.05, 0) is 29.8 Å². The van der Waals surface area contributed by atoms with Gasteiger partial charge in [-0.15, -0.1) is 0 Å². The summed E-state index contributed by atoms with van der Waals surface area (Å²) in [5.74, 6) is 0.569. The maximum Gasteiger partial charge on any atom is 0.173 e.